The third-order valence-electron chi connectivity index (χ3n) is 2.17. The maximum atomic E-state index is 3.91. The van der Waals surface area contributed by atoms with Crippen molar-refractivity contribution in [2.45, 2.75) is 18.5 Å². The van der Waals surface area contributed by atoms with Crippen molar-refractivity contribution >= 4 is 0 Å². The molecule has 0 aromatic rings. The van der Waals surface area contributed by atoms with E-state index < -0.39 is 0 Å². The first-order chi connectivity index (χ1) is 3.86. The zero-order valence-electron chi connectivity index (χ0n) is 4.93. The van der Waals surface area contributed by atoms with Gasteiger partial charge in [0.1, 0.15) is 0 Å². The first-order valence-electron chi connectivity index (χ1n) is 3.17. The summed E-state index contributed by atoms with van der Waals surface area (Å²) >= 11 is 0. The van der Waals surface area contributed by atoms with Crippen LogP contribution < -0.4 is 5.32 Å². The van der Waals surface area contributed by atoms with Crippen molar-refractivity contribution in [3.05, 3.63) is 7.05 Å². The van der Waals surface area contributed by atoms with E-state index in [0.29, 0.717) is 0 Å². The highest BCUT2D eigenvalue weighted by Crippen LogP contribution is 2.21. The van der Waals surface area contributed by atoms with Crippen molar-refractivity contribution < 1.29 is 0 Å². The van der Waals surface area contributed by atoms with Gasteiger partial charge in [-0.15, -0.1) is 0 Å². The van der Waals surface area contributed by atoms with Crippen molar-refractivity contribution in [3.8, 4) is 0 Å². The van der Waals surface area contributed by atoms with Gasteiger partial charge in [-0.1, -0.05) is 0 Å². The smallest absolute Gasteiger partial charge is 0.0186 e. The fourth-order valence-corrected chi connectivity index (χ4v) is 1.65. The van der Waals surface area contributed by atoms with Crippen molar-refractivity contribution in [1.82, 2.24) is 10.2 Å². The fraction of sp³-hybridized carbons (Fsp3) is 0.833. The lowest BCUT2D eigenvalue weighted by molar-refractivity contribution is 0.305. The van der Waals surface area contributed by atoms with Gasteiger partial charge in [0, 0.05) is 12.6 Å². The van der Waals surface area contributed by atoms with E-state index in [1.165, 1.54) is 6.42 Å². The molecule has 0 aromatic heterocycles. The summed E-state index contributed by atoms with van der Waals surface area (Å²) in [4.78, 5) is 2.20. The highest BCUT2D eigenvalue weighted by Gasteiger charge is 2.31. The Balaban J connectivity index is 2.11. The molecule has 8 heavy (non-hydrogen) atoms. The molecule has 0 aliphatic carbocycles. The molecule has 46 valence electrons. The Morgan fingerprint density at radius 3 is 2.75 bits per heavy atom. The largest absolute Gasteiger partial charge is 0.454 e. The summed E-state index contributed by atoms with van der Waals surface area (Å²) in [5.41, 5.74) is 0. The Kier molecular flexibility index (Phi) is 0.866. The molecule has 2 fully saturated rings. The summed E-state index contributed by atoms with van der Waals surface area (Å²) in [7, 11) is 3.91. The van der Waals surface area contributed by atoms with Crippen LogP contribution >= 0.6 is 0 Å². The van der Waals surface area contributed by atoms with Gasteiger partial charge in [0.15, 0.2) is 0 Å². The molecule has 0 radical (unpaired) electrons. The molecule has 0 amide bonds. The van der Waals surface area contributed by atoms with E-state index >= 15 is 0 Å². The number of likely N-dealkylation sites (tertiary alicyclic amines) is 1. The Labute approximate surface area is 49.9 Å². The fourth-order valence-electron chi connectivity index (χ4n) is 1.65. The monoisotopic (exact) mass is 111 g/mol. The maximum Gasteiger partial charge on any atom is 0.0186 e. The third-order valence-corrected chi connectivity index (χ3v) is 2.17. The summed E-state index contributed by atoms with van der Waals surface area (Å²) in [6, 6.07) is 1.51. The second-order valence-corrected chi connectivity index (χ2v) is 2.77. The third kappa shape index (κ3) is 0.501. The van der Waals surface area contributed by atoms with Crippen LogP contribution in [0.4, 0.5) is 0 Å². The van der Waals surface area contributed by atoms with Crippen LogP contribution in [-0.4, -0.2) is 30.1 Å². The second-order valence-electron chi connectivity index (χ2n) is 2.77. The molecule has 2 nitrogen and oxygen atoms in total. The number of hydrogen-bond donors (Lipinski definition) is 1. The van der Waals surface area contributed by atoms with Crippen LogP contribution in [0.5, 0.6) is 0 Å². The summed E-state index contributed by atoms with van der Waals surface area (Å²) in [6.07, 6.45) is 1.32. The lowest BCUT2D eigenvalue weighted by Gasteiger charge is -2.29. The Morgan fingerprint density at radius 2 is 2.50 bits per heavy atom. The second kappa shape index (κ2) is 1.45. The average molecular weight is 111 g/mol. The van der Waals surface area contributed by atoms with E-state index in [1.54, 1.807) is 0 Å². The Hall–Kier alpha value is -0.0800. The first kappa shape index (κ1) is 4.77. The van der Waals surface area contributed by atoms with Crippen molar-refractivity contribution in [2.75, 3.05) is 13.1 Å². The van der Waals surface area contributed by atoms with Gasteiger partial charge in [-0.2, -0.15) is 0 Å². The van der Waals surface area contributed by atoms with Crippen LogP contribution in [0.25, 0.3) is 0 Å². The molecular formula is C6H11N2-. The zero-order chi connectivity index (χ0) is 5.56. The van der Waals surface area contributed by atoms with Gasteiger partial charge in [-0.25, -0.2) is 0 Å². The molecule has 2 bridgehead atoms. The standard InChI is InChI=1S/C6H11N2/c1-8-4-5-2-6(8)3-7-5/h5-7H,1-4H2/q-1/t5-,6-/m1/s1. The molecule has 2 aliphatic heterocycles. The number of hydrogen-bond acceptors (Lipinski definition) is 2. The molecule has 2 rings (SSSR count). The van der Waals surface area contributed by atoms with Gasteiger partial charge >= 0.3 is 0 Å². The van der Waals surface area contributed by atoms with E-state index in [9.17, 15) is 0 Å². The van der Waals surface area contributed by atoms with Crippen molar-refractivity contribution in [3.63, 3.8) is 0 Å². The predicted molar refractivity (Wildman–Crippen MR) is 32.3 cm³/mol. The zero-order valence-corrected chi connectivity index (χ0v) is 4.93. The van der Waals surface area contributed by atoms with Crippen LogP contribution in [-0.2, 0) is 0 Å². The summed E-state index contributed by atoms with van der Waals surface area (Å²) in [6.45, 7) is 2.32. The van der Waals surface area contributed by atoms with E-state index in [2.05, 4.69) is 17.3 Å². The SMILES string of the molecule is [CH2-]N1C[C@H]2C[C@@H]1CN2. The number of rotatable bonds is 0. The minimum atomic E-state index is 0.750. The topological polar surface area (TPSA) is 15.3 Å². The highest BCUT2D eigenvalue weighted by molar-refractivity contribution is 4.96. The van der Waals surface area contributed by atoms with E-state index in [-0.39, 0.29) is 0 Å². The number of nitrogens with zero attached hydrogens (tertiary/aromatic N) is 1. The van der Waals surface area contributed by atoms with Crippen molar-refractivity contribution in [1.29, 1.82) is 0 Å². The summed E-state index contributed by atoms with van der Waals surface area (Å²) < 4.78 is 0. The van der Waals surface area contributed by atoms with Gasteiger partial charge in [-0.3, -0.25) is 7.05 Å². The van der Waals surface area contributed by atoms with Gasteiger partial charge < -0.3 is 10.2 Å². The molecule has 0 unspecified atom stereocenters. The van der Waals surface area contributed by atoms with Crippen LogP contribution in [0.2, 0.25) is 0 Å². The molecule has 0 aromatic carbocycles. The molecule has 2 heterocycles. The molecule has 1 N–H and O–H groups in total. The van der Waals surface area contributed by atoms with E-state index in [0.717, 1.165) is 25.2 Å². The van der Waals surface area contributed by atoms with Crippen LogP contribution in [0.15, 0.2) is 0 Å². The quantitative estimate of drug-likeness (QED) is 0.436. The average Bonchev–Trinajstić information content (AvgIpc) is 2.23. The lowest BCUT2D eigenvalue weighted by Crippen LogP contribution is -2.39. The van der Waals surface area contributed by atoms with E-state index in [1.807, 2.05) is 0 Å². The molecule has 2 heteroatoms. The molecular weight excluding hydrogens is 100 g/mol. The van der Waals surface area contributed by atoms with Crippen LogP contribution in [0.3, 0.4) is 0 Å². The predicted octanol–water partition coefficient (Wildman–Crippen LogP) is -0.176. The van der Waals surface area contributed by atoms with Crippen LogP contribution in [0.1, 0.15) is 6.42 Å². The minimum Gasteiger partial charge on any atom is -0.454 e. The number of fused-ring (bicyclic) bond motifs is 2. The van der Waals surface area contributed by atoms with Gasteiger partial charge in [0.05, 0.1) is 0 Å². The van der Waals surface area contributed by atoms with E-state index in [4.69, 9.17) is 0 Å². The molecule has 2 atom stereocenters. The van der Waals surface area contributed by atoms with Crippen LogP contribution in [0, 0.1) is 7.05 Å². The normalized spacial score (nSPS) is 46.1. The molecule has 2 saturated heterocycles. The minimum absolute atomic E-state index is 0.750. The highest BCUT2D eigenvalue weighted by atomic mass is 15.3. The molecule has 0 spiro atoms. The van der Waals surface area contributed by atoms with Gasteiger partial charge in [0.25, 0.3) is 0 Å². The number of nitrogens with one attached hydrogen (secondary N) is 1. The molecule has 2 aliphatic rings. The van der Waals surface area contributed by atoms with Crippen molar-refractivity contribution in [2.24, 2.45) is 0 Å². The maximum absolute atomic E-state index is 3.91. The number of piperazine rings is 1. The molecule has 0 saturated carbocycles. The summed E-state index contributed by atoms with van der Waals surface area (Å²) in [5, 5.41) is 3.40. The van der Waals surface area contributed by atoms with Gasteiger partial charge in [-0.05, 0) is 19.0 Å². The first-order valence-corrected chi connectivity index (χ1v) is 3.17. The Morgan fingerprint density at radius 1 is 1.62 bits per heavy atom. The Bertz CT molecular complexity index is 101. The van der Waals surface area contributed by atoms with Gasteiger partial charge in [0.2, 0.25) is 0 Å². The lowest BCUT2D eigenvalue weighted by atomic mass is 10.2. The summed E-state index contributed by atoms with van der Waals surface area (Å²) in [5.74, 6) is 0.